The Bertz CT molecular complexity index is 1000. The van der Waals surface area contributed by atoms with Crippen LogP contribution in [0.3, 0.4) is 0 Å². The number of carbonyl (C=O) groups is 1. The fourth-order valence-corrected chi connectivity index (χ4v) is 3.62. The normalized spacial score (nSPS) is 15.9. The summed E-state index contributed by atoms with van der Waals surface area (Å²) in [6, 6.07) is 6.49. The maximum atomic E-state index is 14.4. The zero-order valence-corrected chi connectivity index (χ0v) is 17.0. The van der Waals surface area contributed by atoms with Gasteiger partial charge in [-0.15, -0.1) is 0 Å². The topological polar surface area (TPSA) is 81.3 Å². The van der Waals surface area contributed by atoms with E-state index in [9.17, 15) is 14.3 Å². The molecule has 4 rings (SSSR count). The van der Waals surface area contributed by atoms with Crippen molar-refractivity contribution in [3.05, 3.63) is 53.7 Å². The summed E-state index contributed by atoms with van der Waals surface area (Å²) >= 11 is 0. The number of hydrogen-bond acceptors (Lipinski definition) is 4. The van der Waals surface area contributed by atoms with Gasteiger partial charge in [0.25, 0.3) is 5.91 Å². The lowest BCUT2D eigenvalue weighted by molar-refractivity contribution is 0.0673. The highest BCUT2D eigenvalue weighted by Crippen LogP contribution is 2.33. The number of nitrogens with zero attached hydrogens (tertiary/aromatic N) is 2. The minimum Gasteiger partial charge on any atom is -0.394 e. The summed E-state index contributed by atoms with van der Waals surface area (Å²) in [6.45, 7) is 6.35. The molecule has 3 N–H and O–H groups in total. The maximum absolute atomic E-state index is 14.4. The van der Waals surface area contributed by atoms with Gasteiger partial charge in [-0.1, -0.05) is 19.9 Å². The second-order valence-electron chi connectivity index (χ2n) is 6.88. The number of nitrogens with one attached hydrogen (secondary N) is 2. The van der Waals surface area contributed by atoms with Crippen molar-refractivity contribution in [3.8, 4) is 0 Å². The molecule has 0 aliphatic carbocycles. The quantitative estimate of drug-likeness (QED) is 0.609. The third-order valence-corrected chi connectivity index (χ3v) is 5.05. The summed E-state index contributed by atoms with van der Waals surface area (Å²) in [6.07, 6.45) is 4.91. The van der Waals surface area contributed by atoms with Gasteiger partial charge in [-0.3, -0.25) is 9.78 Å². The van der Waals surface area contributed by atoms with Crippen molar-refractivity contribution in [3.63, 3.8) is 0 Å². The van der Waals surface area contributed by atoms with Gasteiger partial charge < -0.3 is 20.3 Å². The zero-order chi connectivity index (χ0) is 21.0. The number of fused-ring (bicyclic) bond motifs is 1. The van der Waals surface area contributed by atoms with Crippen LogP contribution >= 0.6 is 0 Å². The molecule has 0 spiro atoms. The van der Waals surface area contributed by atoms with Crippen LogP contribution in [-0.4, -0.2) is 45.1 Å². The molecule has 2 aromatic heterocycles. The van der Waals surface area contributed by atoms with E-state index in [1.165, 1.54) is 6.07 Å². The number of pyridine rings is 1. The summed E-state index contributed by atoms with van der Waals surface area (Å²) in [5.74, 6) is -0.598. The Labute approximate surface area is 169 Å². The minimum atomic E-state index is -0.388. The van der Waals surface area contributed by atoms with Crippen molar-refractivity contribution in [1.29, 1.82) is 0 Å². The molecular weight excluding hydrogens is 371 g/mol. The number of carbonyl (C=O) groups excluding carboxylic acids is 1. The molecule has 1 aliphatic rings. The Morgan fingerprint density at radius 1 is 1.38 bits per heavy atom. The summed E-state index contributed by atoms with van der Waals surface area (Å²) in [5.41, 5.74) is 2.69. The fourth-order valence-electron chi connectivity index (χ4n) is 3.62. The minimum absolute atomic E-state index is 0.0666. The van der Waals surface area contributed by atoms with Crippen molar-refractivity contribution in [2.24, 2.45) is 0 Å². The van der Waals surface area contributed by atoms with Crippen LogP contribution in [0.5, 0.6) is 0 Å². The molecule has 1 atom stereocenters. The highest BCUT2D eigenvalue weighted by molar-refractivity contribution is 6.09. The Balaban J connectivity index is 0.00000117. The highest BCUT2D eigenvalue weighted by Gasteiger charge is 2.31. The first-order valence-corrected chi connectivity index (χ1v) is 9.99. The number of hydrogen-bond donors (Lipinski definition) is 3. The van der Waals surface area contributed by atoms with E-state index in [1.807, 2.05) is 26.8 Å². The van der Waals surface area contributed by atoms with Crippen LogP contribution < -0.4 is 5.32 Å². The number of halogens is 1. The molecule has 6 nitrogen and oxygen atoms in total. The van der Waals surface area contributed by atoms with Crippen molar-refractivity contribution in [2.75, 3.05) is 18.5 Å². The van der Waals surface area contributed by atoms with Gasteiger partial charge in [0, 0.05) is 24.3 Å². The van der Waals surface area contributed by atoms with Crippen LogP contribution in [-0.2, 0) is 0 Å². The highest BCUT2D eigenvalue weighted by atomic mass is 19.1. The number of benzene rings is 1. The number of rotatable bonds is 4. The number of aromatic nitrogens is 2. The number of aryl methyl sites for hydroxylation is 1. The molecule has 0 radical (unpaired) electrons. The second kappa shape index (κ2) is 9.05. The van der Waals surface area contributed by atoms with Gasteiger partial charge in [0.15, 0.2) is 0 Å². The monoisotopic (exact) mass is 398 g/mol. The average molecular weight is 398 g/mol. The lowest BCUT2D eigenvalue weighted by atomic mass is 10.2. The number of H-pyrrole nitrogens is 1. The summed E-state index contributed by atoms with van der Waals surface area (Å²) in [7, 11) is 0. The van der Waals surface area contributed by atoms with Crippen molar-refractivity contribution >= 4 is 28.2 Å². The van der Waals surface area contributed by atoms with Crippen LogP contribution in [0, 0.1) is 12.7 Å². The smallest absolute Gasteiger partial charge is 0.272 e. The standard InChI is InChI=1S/C20H21FN4O2.C2H6/c1-12-4-5-17(15(21)9-12)24-18-14-10-22-7-6-16(14)23-19(18)20(27)25-8-2-3-13(25)11-26;1-2/h4-7,9-10,13,23-24,26H,2-3,8,11H2,1H3;1-2H3. The third-order valence-electron chi connectivity index (χ3n) is 5.05. The van der Waals surface area contributed by atoms with Gasteiger partial charge in [0.1, 0.15) is 11.5 Å². The van der Waals surface area contributed by atoms with Crippen LogP contribution in [0.4, 0.5) is 15.8 Å². The average Bonchev–Trinajstić information content (AvgIpc) is 3.36. The van der Waals surface area contributed by atoms with Gasteiger partial charge in [-0.2, -0.15) is 0 Å². The first-order valence-electron chi connectivity index (χ1n) is 9.99. The predicted molar refractivity (Wildman–Crippen MR) is 113 cm³/mol. The molecule has 1 fully saturated rings. The lowest BCUT2D eigenvalue weighted by Crippen LogP contribution is -2.38. The summed E-state index contributed by atoms with van der Waals surface area (Å²) in [5, 5.41) is 13.3. The molecule has 1 aliphatic heterocycles. The van der Waals surface area contributed by atoms with Gasteiger partial charge in [-0.05, 0) is 43.5 Å². The van der Waals surface area contributed by atoms with Crippen molar-refractivity contribution in [1.82, 2.24) is 14.9 Å². The summed E-state index contributed by atoms with van der Waals surface area (Å²) < 4.78 is 14.4. The molecule has 7 heteroatoms. The SMILES string of the molecule is CC.Cc1ccc(Nc2c(C(=O)N3CCCC3CO)[nH]c3ccncc23)c(F)c1. The molecule has 1 unspecified atom stereocenters. The van der Waals surface area contributed by atoms with E-state index in [0.717, 1.165) is 23.9 Å². The van der Waals surface area contributed by atoms with Crippen molar-refractivity contribution < 1.29 is 14.3 Å². The zero-order valence-electron chi connectivity index (χ0n) is 17.0. The Hall–Kier alpha value is -2.93. The summed E-state index contributed by atoms with van der Waals surface area (Å²) in [4.78, 5) is 22.1. The largest absolute Gasteiger partial charge is 0.394 e. The molecule has 0 saturated carbocycles. The number of aliphatic hydroxyl groups excluding tert-OH is 1. The van der Waals surface area contributed by atoms with E-state index in [2.05, 4.69) is 15.3 Å². The van der Waals surface area contributed by atoms with Crippen LogP contribution in [0.1, 0.15) is 42.7 Å². The van der Waals surface area contributed by atoms with E-state index in [4.69, 9.17) is 0 Å². The van der Waals surface area contributed by atoms with Gasteiger partial charge >= 0.3 is 0 Å². The van der Waals surface area contributed by atoms with E-state index in [-0.39, 0.29) is 24.4 Å². The number of aliphatic hydroxyl groups is 1. The number of aromatic amines is 1. The Kier molecular flexibility index (Phi) is 6.49. The molecule has 0 bridgehead atoms. The molecule has 154 valence electrons. The molecule has 1 aromatic carbocycles. The van der Waals surface area contributed by atoms with Crippen LogP contribution in [0.2, 0.25) is 0 Å². The maximum Gasteiger partial charge on any atom is 0.272 e. The number of anilines is 2. The van der Waals surface area contributed by atoms with E-state index in [1.54, 1.807) is 29.4 Å². The lowest BCUT2D eigenvalue weighted by Gasteiger charge is -2.23. The molecule has 3 heterocycles. The van der Waals surface area contributed by atoms with Crippen LogP contribution in [0.15, 0.2) is 36.7 Å². The Morgan fingerprint density at radius 3 is 2.90 bits per heavy atom. The van der Waals surface area contributed by atoms with E-state index in [0.29, 0.717) is 29.0 Å². The molecular formula is C22H27FN4O2. The van der Waals surface area contributed by atoms with Gasteiger partial charge in [0.05, 0.1) is 29.5 Å². The van der Waals surface area contributed by atoms with Gasteiger partial charge in [-0.25, -0.2) is 4.39 Å². The van der Waals surface area contributed by atoms with E-state index < -0.39 is 0 Å². The number of amides is 1. The first-order chi connectivity index (χ1) is 14.1. The first kappa shape index (κ1) is 20.8. The van der Waals surface area contributed by atoms with Gasteiger partial charge in [0.2, 0.25) is 0 Å². The third kappa shape index (κ3) is 4.10. The van der Waals surface area contributed by atoms with E-state index >= 15 is 0 Å². The molecule has 1 amide bonds. The molecule has 1 saturated heterocycles. The predicted octanol–water partition coefficient (Wildman–Crippen LogP) is 4.38. The van der Waals surface area contributed by atoms with Crippen LogP contribution in [0.25, 0.3) is 10.9 Å². The molecule has 3 aromatic rings. The Morgan fingerprint density at radius 2 is 2.17 bits per heavy atom. The van der Waals surface area contributed by atoms with Crippen molar-refractivity contribution in [2.45, 2.75) is 39.7 Å². The second-order valence-corrected chi connectivity index (χ2v) is 6.88. The molecule has 29 heavy (non-hydrogen) atoms. The fraction of sp³-hybridized carbons (Fsp3) is 0.364. The number of likely N-dealkylation sites (tertiary alicyclic amines) is 1.